The zero-order chi connectivity index (χ0) is 14.4. The Balaban J connectivity index is 1.86. The molecule has 0 saturated heterocycles. The fraction of sp³-hybridized carbons (Fsp3) is 0.200. The van der Waals surface area contributed by atoms with Crippen LogP contribution in [-0.4, -0.2) is 29.9 Å². The monoisotopic (exact) mass is 272 g/mol. The molecular weight excluding hydrogens is 256 g/mol. The van der Waals surface area contributed by atoms with Gasteiger partial charge < -0.3 is 15.0 Å². The molecule has 104 valence electrons. The summed E-state index contributed by atoms with van der Waals surface area (Å²) < 4.78 is 5.23. The zero-order valence-corrected chi connectivity index (χ0v) is 11.2. The van der Waals surface area contributed by atoms with Crippen LogP contribution in [0.4, 0.5) is 5.69 Å². The predicted octanol–water partition coefficient (Wildman–Crippen LogP) is 1.94. The van der Waals surface area contributed by atoms with Gasteiger partial charge in [0.05, 0.1) is 0 Å². The smallest absolute Gasteiger partial charge is 0.330 e. The van der Waals surface area contributed by atoms with Crippen LogP contribution in [0, 0.1) is 0 Å². The van der Waals surface area contributed by atoms with Gasteiger partial charge in [0.25, 0.3) is 0 Å². The number of amides is 1. The molecule has 0 unspecified atom stereocenters. The molecule has 5 heteroatoms. The maximum Gasteiger partial charge on any atom is 0.330 e. The molecule has 1 N–H and O–H groups in total. The van der Waals surface area contributed by atoms with Crippen molar-refractivity contribution in [2.75, 3.05) is 18.4 Å². The van der Waals surface area contributed by atoms with Gasteiger partial charge in [-0.2, -0.15) is 0 Å². The van der Waals surface area contributed by atoms with Gasteiger partial charge in [0, 0.05) is 19.2 Å². The summed E-state index contributed by atoms with van der Waals surface area (Å²) in [6.07, 6.45) is 7.62. The third kappa shape index (κ3) is 4.28. The Bertz CT molecular complexity index is 547. The Morgan fingerprint density at radius 3 is 2.60 bits per heavy atom. The van der Waals surface area contributed by atoms with Crippen LogP contribution in [0.2, 0.25) is 0 Å². The molecule has 2 rings (SSSR count). The number of anilines is 1. The Kier molecular flexibility index (Phi) is 4.55. The minimum absolute atomic E-state index is 0.139. The number of carbonyl (C=O) groups excluding carboxylic acids is 2. The highest BCUT2D eigenvalue weighted by Gasteiger charge is 2.09. The first kappa shape index (κ1) is 13.9. The Morgan fingerprint density at radius 2 is 2.00 bits per heavy atom. The highest BCUT2D eigenvalue weighted by molar-refractivity contribution is 5.88. The molecule has 0 spiro atoms. The van der Waals surface area contributed by atoms with Gasteiger partial charge in [-0.3, -0.25) is 4.79 Å². The molecule has 0 saturated carbocycles. The Hall–Kier alpha value is -2.56. The quantitative estimate of drug-likeness (QED) is 0.672. The normalized spacial score (nSPS) is 13.2. The number of esters is 1. The minimum atomic E-state index is -0.322. The van der Waals surface area contributed by atoms with Crippen LogP contribution in [0.15, 0.2) is 48.7 Å². The van der Waals surface area contributed by atoms with Gasteiger partial charge >= 0.3 is 5.97 Å². The second kappa shape index (κ2) is 6.56. The number of ether oxygens (including phenoxy) is 1. The van der Waals surface area contributed by atoms with Crippen molar-refractivity contribution in [1.82, 2.24) is 4.90 Å². The number of nitrogens with zero attached hydrogens (tertiary/aromatic N) is 1. The van der Waals surface area contributed by atoms with Gasteiger partial charge in [-0.05, 0) is 36.5 Å². The van der Waals surface area contributed by atoms with Crippen LogP contribution in [-0.2, 0) is 9.59 Å². The number of rotatable bonds is 4. The molecule has 5 nitrogen and oxygen atoms in total. The summed E-state index contributed by atoms with van der Waals surface area (Å²) in [6, 6.07) is 6.67. The average molecular weight is 272 g/mol. The van der Waals surface area contributed by atoms with E-state index in [0.29, 0.717) is 18.0 Å². The summed E-state index contributed by atoms with van der Waals surface area (Å²) in [6.45, 7) is 2.34. The number of nitrogens with one attached hydrogen (secondary N) is 1. The van der Waals surface area contributed by atoms with Gasteiger partial charge in [-0.15, -0.1) is 0 Å². The lowest BCUT2D eigenvalue weighted by Crippen LogP contribution is -2.29. The van der Waals surface area contributed by atoms with E-state index in [9.17, 15) is 9.59 Å². The van der Waals surface area contributed by atoms with Gasteiger partial charge in [0.2, 0.25) is 5.91 Å². The summed E-state index contributed by atoms with van der Waals surface area (Å²) in [5.74, 6) is -0.00227. The van der Waals surface area contributed by atoms with E-state index in [4.69, 9.17) is 4.74 Å². The maximum absolute atomic E-state index is 11.8. The fourth-order valence-electron chi connectivity index (χ4n) is 1.76. The number of hydrogen-bond donors (Lipinski definition) is 1. The van der Waals surface area contributed by atoms with Crippen LogP contribution in [0.1, 0.15) is 6.92 Å². The number of hydrogen-bond acceptors (Lipinski definition) is 4. The van der Waals surface area contributed by atoms with Crippen molar-refractivity contribution in [3.8, 4) is 5.75 Å². The highest BCUT2D eigenvalue weighted by atomic mass is 16.5. The second-order valence-electron chi connectivity index (χ2n) is 4.38. The summed E-state index contributed by atoms with van der Waals surface area (Å²) in [4.78, 5) is 24.5. The van der Waals surface area contributed by atoms with E-state index in [-0.39, 0.29) is 18.4 Å². The molecule has 0 aliphatic carbocycles. The first-order valence-electron chi connectivity index (χ1n) is 6.29. The van der Waals surface area contributed by atoms with Crippen molar-refractivity contribution < 1.29 is 14.3 Å². The van der Waals surface area contributed by atoms with Crippen molar-refractivity contribution in [1.29, 1.82) is 0 Å². The van der Waals surface area contributed by atoms with E-state index in [1.807, 2.05) is 29.3 Å². The average Bonchev–Trinajstić information content (AvgIpc) is 2.41. The molecule has 20 heavy (non-hydrogen) atoms. The van der Waals surface area contributed by atoms with Crippen LogP contribution < -0.4 is 10.1 Å². The Morgan fingerprint density at radius 1 is 1.25 bits per heavy atom. The van der Waals surface area contributed by atoms with Crippen molar-refractivity contribution >= 4 is 17.6 Å². The SMILES string of the molecule is CC(=O)Nc1ccc(OC(=O)CN2C=CC=CC2)cc1. The molecule has 1 heterocycles. The van der Waals surface area contributed by atoms with E-state index in [0.717, 1.165) is 0 Å². The molecule has 1 aliphatic heterocycles. The number of benzene rings is 1. The summed E-state index contributed by atoms with van der Waals surface area (Å²) in [5, 5.41) is 2.65. The lowest BCUT2D eigenvalue weighted by molar-refractivity contribution is -0.135. The fourth-order valence-corrected chi connectivity index (χ4v) is 1.76. The standard InChI is InChI=1S/C15H16N2O3/c1-12(18)16-13-5-7-14(8-6-13)20-15(19)11-17-9-3-2-4-10-17/h2-9H,10-11H2,1H3,(H,16,18). The number of carbonyl (C=O) groups is 2. The molecule has 1 amide bonds. The first-order chi connectivity index (χ1) is 9.63. The predicted molar refractivity (Wildman–Crippen MR) is 76.2 cm³/mol. The lowest BCUT2D eigenvalue weighted by Gasteiger charge is -2.19. The van der Waals surface area contributed by atoms with Gasteiger partial charge in [-0.1, -0.05) is 12.2 Å². The highest BCUT2D eigenvalue weighted by Crippen LogP contribution is 2.16. The molecule has 1 aliphatic rings. The largest absolute Gasteiger partial charge is 0.425 e. The van der Waals surface area contributed by atoms with Crippen molar-refractivity contribution in [2.45, 2.75) is 6.92 Å². The zero-order valence-electron chi connectivity index (χ0n) is 11.2. The molecule has 0 radical (unpaired) electrons. The first-order valence-corrected chi connectivity index (χ1v) is 6.29. The number of allylic oxidation sites excluding steroid dienone is 2. The van der Waals surface area contributed by atoms with Gasteiger partial charge in [-0.25, -0.2) is 4.79 Å². The van der Waals surface area contributed by atoms with E-state index in [1.54, 1.807) is 24.3 Å². The molecule has 0 fully saturated rings. The molecular formula is C15H16N2O3. The van der Waals surface area contributed by atoms with E-state index >= 15 is 0 Å². The lowest BCUT2D eigenvalue weighted by atomic mass is 10.3. The minimum Gasteiger partial charge on any atom is -0.425 e. The van der Waals surface area contributed by atoms with E-state index < -0.39 is 0 Å². The second-order valence-corrected chi connectivity index (χ2v) is 4.38. The molecule has 1 aromatic rings. The van der Waals surface area contributed by atoms with Crippen molar-refractivity contribution in [3.63, 3.8) is 0 Å². The summed E-state index contributed by atoms with van der Waals surface area (Å²) in [5.41, 5.74) is 0.668. The van der Waals surface area contributed by atoms with Crippen molar-refractivity contribution in [2.24, 2.45) is 0 Å². The van der Waals surface area contributed by atoms with Gasteiger partial charge in [0.1, 0.15) is 12.3 Å². The molecule has 0 bridgehead atoms. The topological polar surface area (TPSA) is 58.6 Å². The van der Waals surface area contributed by atoms with Crippen LogP contribution in [0.3, 0.4) is 0 Å². The van der Waals surface area contributed by atoms with Crippen LogP contribution >= 0.6 is 0 Å². The molecule has 0 atom stereocenters. The van der Waals surface area contributed by atoms with Crippen LogP contribution in [0.25, 0.3) is 0 Å². The molecule has 1 aromatic carbocycles. The summed E-state index contributed by atoms with van der Waals surface area (Å²) >= 11 is 0. The Labute approximate surface area is 117 Å². The van der Waals surface area contributed by atoms with E-state index in [2.05, 4.69) is 5.32 Å². The van der Waals surface area contributed by atoms with Crippen LogP contribution in [0.5, 0.6) is 5.75 Å². The van der Waals surface area contributed by atoms with Crippen molar-refractivity contribution in [3.05, 3.63) is 48.7 Å². The molecule has 0 aromatic heterocycles. The van der Waals surface area contributed by atoms with Gasteiger partial charge in [0.15, 0.2) is 0 Å². The van der Waals surface area contributed by atoms with E-state index in [1.165, 1.54) is 6.92 Å². The third-order valence-corrected chi connectivity index (χ3v) is 2.62. The summed E-state index contributed by atoms with van der Waals surface area (Å²) in [7, 11) is 0. The maximum atomic E-state index is 11.8. The third-order valence-electron chi connectivity index (χ3n) is 2.62.